The average molecular weight is 903 g/mol. The van der Waals surface area contributed by atoms with Crippen molar-refractivity contribution in [2.75, 3.05) is 19.7 Å². The summed E-state index contributed by atoms with van der Waals surface area (Å²) < 4.78 is 47.2. The third-order valence-electron chi connectivity index (χ3n) is 15.3. The molecule has 15 nitrogen and oxygen atoms in total. The lowest BCUT2D eigenvalue weighted by Crippen LogP contribution is -2.59. The highest BCUT2D eigenvalue weighted by Gasteiger charge is 2.63. The Morgan fingerprint density at radius 3 is 2.45 bits per heavy atom. The van der Waals surface area contributed by atoms with Crippen LogP contribution in [0.4, 0.5) is 4.79 Å². The fourth-order valence-electron chi connectivity index (χ4n) is 10.4. The quantitative estimate of drug-likeness (QED) is 0.142. The first-order valence-corrected chi connectivity index (χ1v) is 25.6. The van der Waals surface area contributed by atoms with E-state index in [0.29, 0.717) is 43.3 Å². The molecule has 2 bridgehead atoms. The van der Waals surface area contributed by atoms with Crippen molar-refractivity contribution >= 4 is 44.7 Å². The number of carbonyl (C=O) groups excluding carboxylic acids is 4. The van der Waals surface area contributed by atoms with Crippen molar-refractivity contribution in [2.24, 2.45) is 17.8 Å². The smallest absolute Gasteiger partial charge is 0.408 e. The van der Waals surface area contributed by atoms with E-state index in [1.54, 1.807) is 13.0 Å². The highest BCUT2D eigenvalue weighted by molar-refractivity contribution is 7.91. The fourth-order valence-corrected chi connectivity index (χ4v) is 11.7. The van der Waals surface area contributed by atoms with Crippen molar-refractivity contribution in [2.45, 2.75) is 170 Å². The Kier molecular flexibility index (Phi) is 12.9. The van der Waals surface area contributed by atoms with Gasteiger partial charge in [0, 0.05) is 23.8 Å². The number of fused-ring (bicyclic) bond motifs is 5. The number of pyridine rings is 1. The second-order valence-corrected chi connectivity index (χ2v) is 22.2. The molecule has 0 radical (unpaired) electrons. The van der Waals surface area contributed by atoms with E-state index in [0.717, 1.165) is 93.9 Å². The van der Waals surface area contributed by atoms with Crippen LogP contribution in [0.3, 0.4) is 0 Å². The van der Waals surface area contributed by atoms with Crippen LogP contribution in [-0.4, -0.2) is 102 Å². The van der Waals surface area contributed by atoms with E-state index in [2.05, 4.69) is 27.3 Å². The molecule has 64 heavy (non-hydrogen) atoms. The molecule has 4 N–H and O–H groups in total. The van der Waals surface area contributed by atoms with Crippen LogP contribution in [0, 0.1) is 17.8 Å². The number of hydrogen-bond donors (Lipinski definition) is 4. The number of alkyl carbamates (subject to hydrolysis) is 1. The minimum absolute atomic E-state index is 0.00928. The molecule has 3 heterocycles. The SMILES string of the molecule is C=CC1CC1(NC(=O)C1CC2CN1C(=O)C(C1CCCCC1)NC(=O)OC1CC1CCCCCc1c(nc3ccccc3c1OCCCNC1CCC1)O2)C(=O)NS(=O)(=O)C1(C)CC1. The number of nitrogens with zero attached hydrogens (tertiary/aromatic N) is 2. The summed E-state index contributed by atoms with van der Waals surface area (Å²) in [6.07, 6.45) is 15.1. The van der Waals surface area contributed by atoms with E-state index in [1.807, 2.05) is 24.3 Å². The number of hydrogen-bond acceptors (Lipinski definition) is 11. The van der Waals surface area contributed by atoms with E-state index in [4.69, 9.17) is 19.2 Å². The van der Waals surface area contributed by atoms with Crippen LogP contribution >= 0.6 is 0 Å². The van der Waals surface area contributed by atoms with Gasteiger partial charge in [0.1, 0.15) is 35.6 Å². The van der Waals surface area contributed by atoms with Crippen LogP contribution in [0.15, 0.2) is 36.9 Å². The predicted octanol–water partition coefficient (Wildman–Crippen LogP) is 5.73. The number of rotatable bonds is 13. The van der Waals surface area contributed by atoms with Gasteiger partial charge in [0.2, 0.25) is 27.7 Å². The lowest BCUT2D eigenvalue weighted by molar-refractivity contribution is -0.142. The number of aromatic nitrogens is 1. The van der Waals surface area contributed by atoms with E-state index in [9.17, 15) is 22.8 Å². The highest BCUT2D eigenvalue weighted by atomic mass is 32.2. The van der Waals surface area contributed by atoms with E-state index < -0.39 is 68.2 Å². The molecular formula is C48H66N6O9S. The summed E-state index contributed by atoms with van der Waals surface area (Å²) in [5.74, 6) is -1.14. The molecule has 7 unspecified atom stereocenters. The first-order valence-electron chi connectivity index (χ1n) is 24.1. The molecule has 1 aromatic carbocycles. The monoisotopic (exact) mass is 902 g/mol. The number of ether oxygens (including phenoxy) is 3. The van der Waals surface area contributed by atoms with Crippen molar-refractivity contribution in [1.82, 2.24) is 30.6 Å². The van der Waals surface area contributed by atoms with Crippen LogP contribution in [0.1, 0.15) is 128 Å². The maximum Gasteiger partial charge on any atom is 0.408 e. The minimum Gasteiger partial charge on any atom is -0.492 e. The molecule has 2 aromatic rings. The third-order valence-corrected chi connectivity index (χ3v) is 17.5. The number of benzene rings is 1. The summed E-state index contributed by atoms with van der Waals surface area (Å²) in [5.41, 5.74) is -0.00107. The lowest BCUT2D eigenvalue weighted by atomic mass is 9.83. The molecule has 348 valence electrons. The molecule has 4 amide bonds. The first-order chi connectivity index (χ1) is 30.9. The van der Waals surface area contributed by atoms with Gasteiger partial charge in [-0.3, -0.25) is 19.1 Å². The molecular weight excluding hydrogens is 837 g/mol. The molecule has 1 aromatic heterocycles. The number of carbonyl (C=O) groups is 4. The molecule has 1 saturated heterocycles. The molecule has 0 spiro atoms. The van der Waals surface area contributed by atoms with Gasteiger partial charge in [0.25, 0.3) is 5.91 Å². The summed E-state index contributed by atoms with van der Waals surface area (Å²) in [5, 5.41) is 10.4. The minimum atomic E-state index is -4.01. The average Bonchev–Trinajstić information content (AvgIpc) is 4.23. The highest BCUT2D eigenvalue weighted by Crippen LogP contribution is 2.47. The van der Waals surface area contributed by atoms with Gasteiger partial charge in [-0.1, -0.05) is 56.7 Å². The summed E-state index contributed by atoms with van der Waals surface area (Å²) in [6.45, 7) is 6.83. The summed E-state index contributed by atoms with van der Waals surface area (Å²) in [7, 11) is -4.01. The van der Waals surface area contributed by atoms with Gasteiger partial charge in [0.05, 0.1) is 29.0 Å². The standard InChI is InChI=1S/C48H66N6O9S/c1-3-32-28-48(32,45(57)53-64(59,60)47(2)22-23-47)52-42(55)38-27-34-29-54(38)44(56)40(30-14-6-4-7-15-30)51-46(58)63-39-26-31(39)16-8-5-9-20-36-41(61-25-13-24-49-33-17-12-18-33)35-19-10-11-21-37(35)50-43(36)62-34/h3,10-11,19,21,30-34,38-40,49H,1,4-9,12-18,20,22-29H2,2H3,(H,51,58)(H,52,55)(H,53,57). The molecule has 5 saturated carbocycles. The molecule has 16 heteroatoms. The molecule has 7 aliphatic rings. The normalized spacial score (nSPS) is 30.7. The molecule has 6 fully saturated rings. The maximum absolute atomic E-state index is 15.1. The maximum atomic E-state index is 15.1. The van der Waals surface area contributed by atoms with Gasteiger partial charge in [-0.25, -0.2) is 18.2 Å². The van der Waals surface area contributed by atoms with Crippen molar-refractivity contribution in [3.8, 4) is 11.6 Å². The van der Waals surface area contributed by atoms with Gasteiger partial charge in [0.15, 0.2) is 0 Å². The fraction of sp³-hybridized carbons (Fsp3) is 0.688. The Morgan fingerprint density at radius 2 is 1.73 bits per heavy atom. The van der Waals surface area contributed by atoms with E-state index >= 15 is 4.79 Å². The number of sulfonamides is 1. The van der Waals surface area contributed by atoms with Gasteiger partial charge in [-0.05, 0) is 114 Å². The van der Waals surface area contributed by atoms with Gasteiger partial charge < -0.3 is 35.1 Å². The van der Waals surface area contributed by atoms with Crippen molar-refractivity contribution in [3.05, 3.63) is 42.5 Å². The van der Waals surface area contributed by atoms with Crippen LogP contribution in [-0.2, 0) is 35.6 Å². The Hall–Kier alpha value is -4.44. The van der Waals surface area contributed by atoms with Crippen LogP contribution in [0.5, 0.6) is 11.6 Å². The number of amides is 4. The largest absolute Gasteiger partial charge is 0.492 e. The Morgan fingerprint density at radius 1 is 0.984 bits per heavy atom. The molecule has 9 rings (SSSR count). The molecule has 2 aliphatic heterocycles. The second-order valence-electron chi connectivity index (χ2n) is 20.0. The Balaban J connectivity index is 1.04. The Bertz CT molecular complexity index is 2220. The number of para-hydroxylation sites is 1. The predicted molar refractivity (Wildman–Crippen MR) is 240 cm³/mol. The van der Waals surface area contributed by atoms with Gasteiger partial charge in [-0.2, -0.15) is 0 Å². The van der Waals surface area contributed by atoms with Crippen molar-refractivity contribution in [1.29, 1.82) is 0 Å². The van der Waals surface area contributed by atoms with E-state index in [-0.39, 0.29) is 37.3 Å². The van der Waals surface area contributed by atoms with Gasteiger partial charge in [-0.15, -0.1) is 6.58 Å². The van der Waals surface area contributed by atoms with Crippen molar-refractivity contribution in [3.63, 3.8) is 0 Å². The topological polar surface area (TPSA) is 194 Å². The second kappa shape index (κ2) is 18.4. The van der Waals surface area contributed by atoms with Crippen LogP contribution < -0.4 is 30.1 Å². The number of nitrogens with one attached hydrogen (secondary N) is 4. The van der Waals surface area contributed by atoms with Crippen LogP contribution in [0.25, 0.3) is 10.9 Å². The first kappa shape index (κ1) is 44.7. The lowest BCUT2D eigenvalue weighted by Gasteiger charge is -2.34. The van der Waals surface area contributed by atoms with Crippen molar-refractivity contribution < 1.29 is 41.8 Å². The third kappa shape index (κ3) is 9.45. The summed E-state index contributed by atoms with van der Waals surface area (Å²) in [6, 6.07) is 6.38. The zero-order valence-electron chi connectivity index (χ0n) is 37.2. The van der Waals surface area contributed by atoms with E-state index in [1.165, 1.54) is 24.2 Å². The Labute approximate surface area is 377 Å². The van der Waals surface area contributed by atoms with Crippen LogP contribution in [0.2, 0.25) is 0 Å². The van der Waals surface area contributed by atoms with Gasteiger partial charge >= 0.3 is 6.09 Å². The summed E-state index contributed by atoms with van der Waals surface area (Å²) in [4.78, 5) is 63.9. The zero-order chi connectivity index (χ0) is 44.6. The molecule has 5 aliphatic carbocycles. The zero-order valence-corrected chi connectivity index (χ0v) is 38.1. The summed E-state index contributed by atoms with van der Waals surface area (Å²) >= 11 is 0. The molecule has 7 atom stereocenters.